The fourth-order valence-corrected chi connectivity index (χ4v) is 3.24. The monoisotopic (exact) mass is 408 g/mol. The third-order valence-corrected chi connectivity index (χ3v) is 4.90. The van der Waals surface area contributed by atoms with E-state index in [9.17, 15) is 14.0 Å². The van der Waals surface area contributed by atoms with Crippen LogP contribution in [0.5, 0.6) is 5.75 Å². The van der Waals surface area contributed by atoms with E-state index in [4.69, 9.17) is 10.5 Å². The van der Waals surface area contributed by atoms with Gasteiger partial charge in [-0.05, 0) is 42.0 Å². The molecule has 3 rings (SSSR count). The molecule has 0 fully saturated rings. The van der Waals surface area contributed by atoms with Gasteiger partial charge in [-0.15, -0.1) is 0 Å². The predicted octanol–water partition coefficient (Wildman–Crippen LogP) is 3.60. The molecule has 1 atom stereocenters. The minimum Gasteiger partial charge on any atom is -0.493 e. The highest BCUT2D eigenvalue weighted by Gasteiger charge is 2.17. The summed E-state index contributed by atoms with van der Waals surface area (Å²) in [5.74, 6) is -0.762. The number of nitrogens with one attached hydrogen (secondary N) is 1. The number of ether oxygens (including phenoxy) is 1. The van der Waals surface area contributed by atoms with Crippen LogP contribution in [0.25, 0.3) is 10.8 Å². The molecule has 0 saturated carbocycles. The van der Waals surface area contributed by atoms with Crippen LogP contribution in [0.4, 0.5) is 4.39 Å². The summed E-state index contributed by atoms with van der Waals surface area (Å²) in [6, 6.07) is 19.7. The van der Waals surface area contributed by atoms with E-state index in [1.165, 1.54) is 12.1 Å². The Morgan fingerprint density at radius 2 is 1.73 bits per heavy atom. The van der Waals surface area contributed by atoms with Crippen molar-refractivity contribution in [2.75, 3.05) is 13.2 Å². The largest absolute Gasteiger partial charge is 0.493 e. The number of carbonyl (C=O) groups excluding carboxylic acids is 2. The average molecular weight is 408 g/mol. The lowest BCUT2D eigenvalue weighted by Crippen LogP contribution is -2.37. The minimum atomic E-state index is -0.550. The van der Waals surface area contributed by atoms with Crippen molar-refractivity contribution in [1.29, 1.82) is 0 Å². The van der Waals surface area contributed by atoms with Gasteiger partial charge in [-0.2, -0.15) is 0 Å². The van der Waals surface area contributed by atoms with Crippen molar-refractivity contribution in [2.24, 2.45) is 11.7 Å². The number of benzene rings is 3. The van der Waals surface area contributed by atoms with Crippen LogP contribution < -0.4 is 15.8 Å². The summed E-state index contributed by atoms with van der Waals surface area (Å²) < 4.78 is 18.8. The maximum absolute atomic E-state index is 13.0. The van der Waals surface area contributed by atoms with Gasteiger partial charge in [0.2, 0.25) is 11.8 Å². The maximum atomic E-state index is 13.0. The minimum absolute atomic E-state index is 0.149. The summed E-state index contributed by atoms with van der Waals surface area (Å²) in [6.07, 6.45) is 1.18. The summed E-state index contributed by atoms with van der Waals surface area (Å²) in [6.45, 7) is 0.561. The molecule has 5 nitrogen and oxygen atoms in total. The van der Waals surface area contributed by atoms with Crippen molar-refractivity contribution in [3.63, 3.8) is 0 Å². The Balaban J connectivity index is 1.42. The smallest absolute Gasteiger partial charge is 0.222 e. The number of rotatable bonds is 10. The van der Waals surface area contributed by atoms with Gasteiger partial charge >= 0.3 is 0 Å². The molecule has 0 aliphatic rings. The van der Waals surface area contributed by atoms with Gasteiger partial charge in [0, 0.05) is 18.4 Å². The molecule has 0 heterocycles. The molecular weight excluding hydrogens is 383 g/mol. The van der Waals surface area contributed by atoms with Gasteiger partial charge in [0.05, 0.1) is 12.5 Å². The van der Waals surface area contributed by atoms with Crippen LogP contribution in [0.2, 0.25) is 0 Å². The predicted molar refractivity (Wildman–Crippen MR) is 114 cm³/mol. The first-order valence-corrected chi connectivity index (χ1v) is 9.94. The number of amides is 2. The molecule has 6 heteroatoms. The van der Waals surface area contributed by atoms with Crippen molar-refractivity contribution < 1.29 is 18.7 Å². The lowest BCUT2D eigenvalue weighted by Gasteiger charge is -2.15. The molecule has 156 valence electrons. The van der Waals surface area contributed by atoms with Crippen LogP contribution in [0.15, 0.2) is 66.7 Å². The van der Waals surface area contributed by atoms with E-state index in [-0.39, 0.29) is 24.7 Å². The number of halogens is 1. The third kappa shape index (κ3) is 6.04. The molecule has 3 aromatic carbocycles. The number of hydrogen-bond donors (Lipinski definition) is 2. The number of primary amides is 1. The zero-order valence-corrected chi connectivity index (χ0v) is 16.6. The first kappa shape index (κ1) is 21.3. The Morgan fingerprint density at radius 1 is 1.00 bits per heavy atom. The second-order valence-corrected chi connectivity index (χ2v) is 7.16. The highest BCUT2D eigenvalue weighted by Crippen LogP contribution is 2.25. The fourth-order valence-electron chi connectivity index (χ4n) is 3.24. The molecule has 2 amide bonds. The van der Waals surface area contributed by atoms with Crippen molar-refractivity contribution >= 4 is 22.6 Å². The van der Waals surface area contributed by atoms with Crippen molar-refractivity contribution in [3.05, 3.63) is 78.1 Å². The van der Waals surface area contributed by atoms with Gasteiger partial charge in [0.25, 0.3) is 0 Å². The average Bonchev–Trinajstić information content (AvgIpc) is 2.75. The topological polar surface area (TPSA) is 81.4 Å². The van der Waals surface area contributed by atoms with Crippen molar-refractivity contribution in [1.82, 2.24) is 5.32 Å². The van der Waals surface area contributed by atoms with Crippen LogP contribution in [0.1, 0.15) is 18.4 Å². The normalized spacial score (nSPS) is 11.8. The quantitative estimate of drug-likeness (QED) is 0.503. The first-order valence-electron chi connectivity index (χ1n) is 9.94. The van der Waals surface area contributed by atoms with Gasteiger partial charge in [0.15, 0.2) is 0 Å². The lowest BCUT2D eigenvalue weighted by atomic mass is 9.98. The van der Waals surface area contributed by atoms with E-state index in [2.05, 4.69) is 5.32 Å². The summed E-state index contributed by atoms with van der Waals surface area (Å²) in [5.41, 5.74) is 6.24. The van der Waals surface area contributed by atoms with E-state index in [1.54, 1.807) is 12.1 Å². The second kappa shape index (κ2) is 10.4. The third-order valence-electron chi connectivity index (χ3n) is 4.90. The molecule has 0 bridgehead atoms. The molecular formula is C24H25FN2O3. The Labute approximate surface area is 175 Å². The maximum Gasteiger partial charge on any atom is 0.222 e. The van der Waals surface area contributed by atoms with E-state index in [0.717, 1.165) is 22.1 Å². The van der Waals surface area contributed by atoms with Crippen LogP contribution in [-0.4, -0.2) is 25.0 Å². The van der Waals surface area contributed by atoms with Crippen LogP contribution in [-0.2, 0) is 16.0 Å². The molecule has 0 spiro atoms. The Kier molecular flexibility index (Phi) is 7.38. The zero-order valence-electron chi connectivity index (χ0n) is 16.6. The van der Waals surface area contributed by atoms with Gasteiger partial charge in [-0.25, -0.2) is 4.39 Å². The number of carbonyl (C=O) groups is 2. The number of fused-ring (bicyclic) bond motifs is 1. The van der Waals surface area contributed by atoms with E-state index < -0.39 is 11.8 Å². The van der Waals surface area contributed by atoms with Crippen LogP contribution in [0, 0.1) is 11.7 Å². The molecule has 3 N–H and O–H groups in total. The van der Waals surface area contributed by atoms with E-state index >= 15 is 0 Å². The molecule has 0 radical (unpaired) electrons. The zero-order chi connectivity index (χ0) is 21.3. The van der Waals surface area contributed by atoms with E-state index in [0.29, 0.717) is 19.4 Å². The highest BCUT2D eigenvalue weighted by molar-refractivity contribution is 5.88. The Bertz CT molecular complexity index is 1000. The molecule has 0 aliphatic carbocycles. The SMILES string of the molecule is NC(=O)C(CNC(=O)CCCOc1cccc2ccccc12)Cc1ccc(F)cc1. The molecule has 30 heavy (non-hydrogen) atoms. The Hall–Kier alpha value is -3.41. The molecule has 3 aromatic rings. The van der Waals surface area contributed by atoms with Crippen molar-refractivity contribution in [3.8, 4) is 5.75 Å². The Morgan fingerprint density at radius 3 is 2.50 bits per heavy atom. The molecule has 0 aromatic heterocycles. The summed E-state index contributed by atoms with van der Waals surface area (Å²) in [7, 11) is 0. The van der Waals surface area contributed by atoms with Gasteiger partial charge in [-0.3, -0.25) is 9.59 Å². The number of hydrogen-bond acceptors (Lipinski definition) is 3. The van der Waals surface area contributed by atoms with Gasteiger partial charge < -0.3 is 15.8 Å². The summed E-state index contributed by atoms with van der Waals surface area (Å²) >= 11 is 0. The molecule has 0 aliphatic heterocycles. The van der Waals surface area contributed by atoms with Crippen LogP contribution >= 0.6 is 0 Å². The first-order chi connectivity index (χ1) is 14.5. The standard InChI is InChI=1S/C24H25FN2O3/c25-20-12-10-17(11-13-20)15-19(24(26)29)16-27-23(28)9-4-14-30-22-8-3-6-18-5-1-2-7-21(18)22/h1-3,5-8,10-13,19H,4,9,14-16H2,(H2,26,29)(H,27,28). The van der Waals surface area contributed by atoms with Gasteiger partial charge in [0.1, 0.15) is 11.6 Å². The second-order valence-electron chi connectivity index (χ2n) is 7.16. The summed E-state index contributed by atoms with van der Waals surface area (Å²) in [4.78, 5) is 23.8. The molecule has 0 saturated heterocycles. The highest BCUT2D eigenvalue weighted by atomic mass is 19.1. The van der Waals surface area contributed by atoms with Crippen LogP contribution in [0.3, 0.4) is 0 Å². The van der Waals surface area contributed by atoms with Crippen molar-refractivity contribution in [2.45, 2.75) is 19.3 Å². The number of nitrogens with two attached hydrogens (primary N) is 1. The fraction of sp³-hybridized carbons (Fsp3) is 0.250. The summed E-state index contributed by atoms with van der Waals surface area (Å²) in [5, 5.41) is 4.89. The lowest BCUT2D eigenvalue weighted by molar-refractivity contribution is -0.123. The van der Waals surface area contributed by atoms with E-state index in [1.807, 2.05) is 42.5 Å². The van der Waals surface area contributed by atoms with Gasteiger partial charge in [-0.1, -0.05) is 48.5 Å². The molecule has 1 unspecified atom stereocenters.